The van der Waals surface area contributed by atoms with Gasteiger partial charge >= 0.3 is 0 Å². The van der Waals surface area contributed by atoms with Crippen molar-refractivity contribution in [3.63, 3.8) is 0 Å². The highest BCUT2D eigenvalue weighted by Crippen LogP contribution is 2.30. The molecule has 5 N–H and O–H groups in total. The molecule has 1 aliphatic rings. The van der Waals surface area contributed by atoms with Gasteiger partial charge in [-0.1, -0.05) is 0 Å². The number of hydrogen-bond donors (Lipinski definition) is 5. The van der Waals surface area contributed by atoms with Crippen molar-refractivity contribution < 1.29 is 30.3 Å². The van der Waals surface area contributed by atoms with Crippen LogP contribution in [0.2, 0.25) is 0 Å². The Morgan fingerprint density at radius 1 is 1.25 bits per heavy atom. The molecule has 0 aromatic rings. The van der Waals surface area contributed by atoms with Crippen LogP contribution in [0.4, 0.5) is 0 Å². The average Bonchev–Trinajstić information content (AvgIpc) is 2.30. The second-order valence-corrected chi connectivity index (χ2v) is 4.24. The van der Waals surface area contributed by atoms with E-state index in [-0.39, 0.29) is 12.8 Å². The Morgan fingerprint density at radius 3 is 2.38 bits per heavy atom. The lowest BCUT2D eigenvalue weighted by molar-refractivity contribution is -0.179. The van der Waals surface area contributed by atoms with Crippen molar-refractivity contribution in [2.45, 2.75) is 49.6 Å². The molecule has 0 amide bonds. The molecule has 0 unspecified atom stereocenters. The summed E-state index contributed by atoms with van der Waals surface area (Å²) >= 11 is 0. The van der Waals surface area contributed by atoms with Crippen LogP contribution in [0.5, 0.6) is 0 Å². The van der Waals surface area contributed by atoms with E-state index in [1.165, 1.54) is 0 Å². The maximum atomic E-state index is 11.5. The van der Waals surface area contributed by atoms with Crippen molar-refractivity contribution in [2.24, 2.45) is 0 Å². The van der Waals surface area contributed by atoms with Crippen LogP contribution in [0, 0.1) is 0 Å². The van der Waals surface area contributed by atoms with Crippen LogP contribution in [0.3, 0.4) is 0 Å². The van der Waals surface area contributed by atoms with Crippen LogP contribution < -0.4 is 0 Å². The zero-order valence-corrected chi connectivity index (χ0v) is 8.91. The van der Waals surface area contributed by atoms with Crippen LogP contribution >= 0.6 is 0 Å². The van der Waals surface area contributed by atoms with Crippen LogP contribution in [0.15, 0.2) is 0 Å². The molecule has 0 spiro atoms. The first-order valence-corrected chi connectivity index (χ1v) is 5.34. The molecule has 0 aromatic carbocycles. The molecule has 0 heterocycles. The number of carbonyl (C=O) groups is 1. The molecule has 0 bridgehead atoms. The molecular formula is C10H18O6. The highest BCUT2D eigenvalue weighted by molar-refractivity contribution is 5.88. The largest absolute Gasteiger partial charge is 0.394 e. The predicted octanol–water partition coefficient (Wildman–Crippen LogP) is -2.06. The lowest BCUT2D eigenvalue weighted by atomic mass is 9.77. The zero-order valence-electron chi connectivity index (χ0n) is 8.91. The van der Waals surface area contributed by atoms with Crippen molar-refractivity contribution in [2.75, 3.05) is 6.61 Å². The van der Waals surface area contributed by atoms with E-state index in [4.69, 9.17) is 10.2 Å². The lowest BCUT2D eigenvalue weighted by Gasteiger charge is -2.37. The predicted molar refractivity (Wildman–Crippen MR) is 53.5 cm³/mol. The van der Waals surface area contributed by atoms with Crippen LogP contribution in [-0.2, 0) is 4.79 Å². The standard InChI is InChI=1S/C10H18O6/c11-5-6(12)8(14)9(15)10(16)4-2-1-3-7(10)13/h6,8-9,11-12,14-16H,1-5H2/t6-,8+,9+,10+/m1/s1. The number of carbonyl (C=O) groups excluding carboxylic acids is 1. The summed E-state index contributed by atoms with van der Waals surface area (Å²) in [5.74, 6) is -0.532. The third-order valence-electron chi connectivity index (χ3n) is 3.09. The quantitative estimate of drug-likeness (QED) is 0.381. The van der Waals surface area contributed by atoms with Gasteiger partial charge in [0.1, 0.15) is 18.3 Å². The van der Waals surface area contributed by atoms with E-state index in [1.54, 1.807) is 0 Å². The monoisotopic (exact) mass is 234 g/mol. The highest BCUT2D eigenvalue weighted by atomic mass is 16.4. The minimum absolute atomic E-state index is 0.0577. The second kappa shape index (κ2) is 5.20. The van der Waals surface area contributed by atoms with E-state index in [1.807, 2.05) is 0 Å². The molecule has 1 rings (SSSR count). The van der Waals surface area contributed by atoms with Crippen molar-refractivity contribution in [1.29, 1.82) is 0 Å². The molecule has 0 aromatic heterocycles. The van der Waals surface area contributed by atoms with Crippen molar-refractivity contribution in [1.82, 2.24) is 0 Å². The summed E-state index contributed by atoms with van der Waals surface area (Å²) in [6, 6.07) is 0. The summed E-state index contributed by atoms with van der Waals surface area (Å²) in [5.41, 5.74) is -2.01. The Morgan fingerprint density at radius 2 is 1.88 bits per heavy atom. The van der Waals surface area contributed by atoms with Crippen molar-refractivity contribution in [3.8, 4) is 0 Å². The minimum atomic E-state index is -2.01. The average molecular weight is 234 g/mol. The molecular weight excluding hydrogens is 216 g/mol. The maximum absolute atomic E-state index is 11.5. The van der Waals surface area contributed by atoms with E-state index in [2.05, 4.69) is 0 Å². The van der Waals surface area contributed by atoms with E-state index < -0.39 is 36.3 Å². The van der Waals surface area contributed by atoms with E-state index in [0.717, 1.165) is 0 Å². The van der Waals surface area contributed by atoms with Gasteiger partial charge in [0.25, 0.3) is 0 Å². The van der Waals surface area contributed by atoms with Crippen LogP contribution in [-0.4, -0.2) is 61.8 Å². The first-order chi connectivity index (χ1) is 7.43. The zero-order chi connectivity index (χ0) is 12.3. The number of aliphatic hydroxyl groups is 5. The summed E-state index contributed by atoms with van der Waals surface area (Å²) in [5, 5.41) is 46.9. The SMILES string of the molecule is O=C1CCCC[C@@]1(O)[C@@H](O)[C@@H](O)[C@H](O)CO. The van der Waals surface area contributed by atoms with Crippen molar-refractivity contribution in [3.05, 3.63) is 0 Å². The van der Waals surface area contributed by atoms with Gasteiger partial charge in [0, 0.05) is 6.42 Å². The summed E-state index contributed by atoms with van der Waals surface area (Å²) in [7, 11) is 0. The van der Waals surface area contributed by atoms with E-state index in [9.17, 15) is 20.1 Å². The fourth-order valence-electron chi connectivity index (χ4n) is 1.95. The minimum Gasteiger partial charge on any atom is -0.394 e. The van der Waals surface area contributed by atoms with Gasteiger partial charge in [0.05, 0.1) is 6.61 Å². The normalized spacial score (nSPS) is 32.2. The first kappa shape index (κ1) is 13.5. The fourth-order valence-corrected chi connectivity index (χ4v) is 1.95. The molecule has 6 heteroatoms. The van der Waals surface area contributed by atoms with Gasteiger partial charge in [-0.3, -0.25) is 4.79 Å². The van der Waals surface area contributed by atoms with Gasteiger partial charge in [-0.05, 0) is 19.3 Å². The number of aliphatic hydroxyl groups excluding tert-OH is 4. The molecule has 1 fully saturated rings. The Balaban J connectivity index is 2.77. The second-order valence-electron chi connectivity index (χ2n) is 4.24. The Hall–Kier alpha value is -0.530. The van der Waals surface area contributed by atoms with Crippen LogP contribution in [0.25, 0.3) is 0 Å². The van der Waals surface area contributed by atoms with Gasteiger partial charge in [-0.15, -0.1) is 0 Å². The molecule has 6 nitrogen and oxygen atoms in total. The molecule has 1 saturated carbocycles. The third-order valence-corrected chi connectivity index (χ3v) is 3.09. The smallest absolute Gasteiger partial charge is 0.167 e. The molecule has 94 valence electrons. The Kier molecular flexibility index (Phi) is 4.40. The van der Waals surface area contributed by atoms with Gasteiger partial charge in [-0.25, -0.2) is 0 Å². The Labute approximate surface area is 93.2 Å². The number of rotatable bonds is 4. The molecule has 0 aliphatic heterocycles. The summed E-state index contributed by atoms with van der Waals surface area (Å²) in [6.07, 6.45) is -3.67. The summed E-state index contributed by atoms with van der Waals surface area (Å²) in [4.78, 5) is 11.5. The third kappa shape index (κ3) is 2.41. The van der Waals surface area contributed by atoms with E-state index >= 15 is 0 Å². The molecule has 0 saturated heterocycles. The number of Topliss-reactive ketones (excluding diaryl/α,β-unsaturated/α-hetero) is 1. The topological polar surface area (TPSA) is 118 Å². The highest BCUT2D eigenvalue weighted by Gasteiger charge is 2.48. The van der Waals surface area contributed by atoms with Gasteiger partial charge in [0.15, 0.2) is 11.4 Å². The molecule has 1 aliphatic carbocycles. The van der Waals surface area contributed by atoms with Gasteiger partial charge in [-0.2, -0.15) is 0 Å². The summed E-state index contributed by atoms with van der Waals surface area (Å²) in [6.45, 7) is -0.748. The van der Waals surface area contributed by atoms with Crippen LogP contribution in [0.1, 0.15) is 25.7 Å². The Bertz CT molecular complexity index is 256. The molecule has 4 atom stereocenters. The van der Waals surface area contributed by atoms with Gasteiger partial charge < -0.3 is 25.5 Å². The molecule has 0 radical (unpaired) electrons. The maximum Gasteiger partial charge on any atom is 0.167 e. The van der Waals surface area contributed by atoms with E-state index in [0.29, 0.717) is 12.8 Å². The fraction of sp³-hybridized carbons (Fsp3) is 0.900. The number of ketones is 1. The lowest BCUT2D eigenvalue weighted by Crippen LogP contribution is -2.58. The number of hydrogen-bond acceptors (Lipinski definition) is 6. The summed E-state index contributed by atoms with van der Waals surface area (Å²) < 4.78 is 0. The van der Waals surface area contributed by atoms with Gasteiger partial charge in [0.2, 0.25) is 0 Å². The van der Waals surface area contributed by atoms with Crippen molar-refractivity contribution >= 4 is 5.78 Å². The molecule has 16 heavy (non-hydrogen) atoms. The first-order valence-electron chi connectivity index (χ1n) is 5.34.